The lowest BCUT2D eigenvalue weighted by Crippen LogP contribution is -2.07. The summed E-state index contributed by atoms with van der Waals surface area (Å²) in [5, 5.41) is 0. The van der Waals surface area contributed by atoms with Gasteiger partial charge in [-0.1, -0.05) is 151 Å². The smallest absolute Gasteiger partial charge is 0.386 e. The molecule has 0 aliphatic rings. The van der Waals surface area contributed by atoms with Crippen LogP contribution in [0.15, 0.2) is 146 Å². The highest BCUT2D eigenvalue weighted by atomic mass is 31.2. The predicted molar refractivity (Wildman–Crippen MR) is 207 cm³/mol. The molecule has 254 valence electrons. The minimum absolute atomic E-state index is 0.375. The Hall–Kier alpha value is -5.05. The van der Waals surface area contributed by atoms with Crippen LogP contribution in [0.25, 0.3) is 33.4 Å². The fraction of sp³-hybridized carbons (Fsp3) is 0.200. The van der Waals surface area contributed by atoms with Gasteiger partial charge < -0.3 is 13.6 Å². The van der Waals surface area contributed by atoms with E-state index in [2.05, 4.69) is 114 Å². The molecule has 0 aliphatic heterocycles. The van der Waals surface area contributed by atoms with Crippen molar-refractivity contribution in [1.82, 2.24) is 0 Å². The molecule has 6 aromatic carbocycles. The fourth-order valence-electron chi connectivity index (χ4n) is 5.75. The van der Waals surface area contributed by atoms with Crippen molar-refractivity contribution in [2.75, 3.05) is 0 Å². The summed E-state index contributed by atoms with van der Waals surface area (Å²) in [5.41, 5.74) is 10.2. The first-order valence-electron chi connectivity index (χ1n) is 17.4. The molecule has 6 rings (SSSR count). The van der Waals surface area contributed by atoms with Gasteiger partial charge >= 0.3 is 7.82 Å². The average Bonchev–Trinajstić information content (AvgIpc) is 3.12. The molecule has 4 nitrogen and oxygen atoms in total. The third kappa shape index (κ3) is 8.56. The molecule has 0 radical (unpaired) electrons. The van der Waals surface area contributed by atoms with Gasteiger partial charge in [0.15, 0.2) is 0 Å². The molecule has 0 saturated carbocycles. The lowest BCUT2D eigenvalue weighted by molar-refractivity contribution is 0.298. The Bertz CT molecular complexity index is 1790. The molecule has 0 saturated heterocycles. The van der Waals surface area contributed by atoms with Gasteiger partial charge in [-0.2, -0.15) is 4.57 Å². The van der Waals surface area contributed by atoms with E-state index in [1.54, 1.807) is 36.4 Å². The van der Waals surface area contributed by atoms with E-state index in [4.69, 9.17) is 13.6 Å². The monoisotopic (exact) mass is 680 g/mol. The summed E-state index contributed by atoms with van der Waals surface area (Å²) >= 11 is 0. The quantitative estimate of drug-likeness (QED) is 0.121. The SMILES string of the molecule is CC(C)c1ccc(-c2ccc(OP(=O)(Oc3ccc(-c4ccc(C(C)C)cc4)cc3)Oc3ccc(-c4ccc(C(C)C)cc4)cc3)cc2)cc1. The molecule has 0 spiro atoms. The maximum atomic E-state index is 14.4. The van der Waals surface area contributed by atoms with E-state index >= 15 is 0 Å². The van der Waals surface area contributed by atoms with Gasteiger partial charge in [0.1, 0.15) is 17.2 Å². The van der Waals surface area contributed by atoms with Crippen molar-refractivity contribution >= 4 is 7.82 Å². The third-order valence-electron chi connectivity index (χ3n) is 8.95. The van der Waals surface area contributed by atoms with E-state index in [-0.39, 0.29) is 0 Å². The Balaban J connectivity index is 1.23. The van der Waals surface area contributed by atoms with Gasteiger partial charge in [-0.15, -0.1) is 0 Å². The van der Waals surface area contributed by atoms with Crippen LogP contribution in [0.5, 0.6) is 17.2 Å². The second kappa shape index (κ2) is 15.2. The summed E-state index contributed by atoms with van der Waals surface area (Å²) < 4.78 is 32.6. The summed E-state index contributed by atoms with van der Waals surface area (Å²) in [6.45, 7) is 13.1. The second-order valence-electron chi connectivity index (χ2n) is 13.6. The second-order valence-corrected chi connectivity index (χ2v) is 15.1. The number of phosphoric acid groups is 1. The predicted octanol–water partition coefficient (Wildman–Crippen LogP) is 13.7. The summed E-state index contributed by atoms with van der Waals surface area (Å²) in [7, 11) is -4.20. The Morgan fingerprint density at radius 3 is 0.680 bits per heavy atom. The van der Waals surface area contributed by atoms with Crippen molar-refractivity contribution in [2.45, 2.75) is 59.3 Å². The summed E-state index contributed by atoms with van der Waals surface area (Å²) in [6.07, 6.45) is 0. The summed E-state index contributed by atoms with van der Waals surface area (Å²) in [4.78, 5) is 0. The molecular weight excluding hydrogens is 635 g/mol. The molecule has 50 heavy (non-hydrogen) atoms. The fourth-order valence-corrected chi connectivity index (χ4v) is 7.00. The Morgan fingerprint density at radius 2 is 0.500 bits per heavy atom. The lowest BCUT2D eigenvalue weighted by Gasteiger charge is -2.20. The zero-order valence-electron chi connectivity index (χ0n) is 29.7. The van der Waals surface area contributed by atoms with Crippen LogP contribution in [-0.2, 0) is 4.57 Å². The number of benzene rings is 6. The van der Waals surface area contributed by atoms with Crippen LogP contribution < -0.4 is 13.6 Å². The molecule has 0 aliphatic carbocycles. The van der Waals surface area contributed by atoms with Gasteiger partial charge in [0.2, 0.25) is 0 Å². The largest absolute Gasteiger partial charge is 0.647 e. The Kier molecular flexibility index (Phi) is 10.6. The highest BCUT2D eigenvalue weighted by molar-refractivity contribution is 7.49. The van der Waals surface area contributed by atoms with Crippen molar-refractivity contribution in [3.8, 4) is 50.6 Å². The number of hydrogen-bond acceptors (Lipinski definition) is 4. The van der Waals surface area contributed by atoms with Gasteiger partial charge in [-0.3, -0.25) is 0 Å². The van der Waals surface area contributed by atoms with Crippen molar-refractivity contribution < 1.29 is 18.1 Å². The Labute approximate surface area is 297 Å². The van der Waals surface area contributed by atoms with Gasteiger partial charge in [0, 0.05) is 0 Å². The first-order chi connectivity index (χ1) is 24.0. The third-order valence-corrected chi connectivity index (χ3v) is 10.2. The molecule has 0 bridgehead atoms. The molecule has 0 atom stereocenters. The van der Waals surface area contributed by atoms with Crippen molar-refractivity contribution in [2.24, 2.45) is 0 Å². The zero-order valence-corrected chi connectivity index (χ0v) is 30.6. The molecule has 0 fully saturated rings. The highest BCUT2D eigenvalue weighted by Crippen LogP contribution is 2.50. The average molecular weight is 681 g/mol. The molecule has 0 amide bonds. The summed E-state index contributed by atoms with van der Waals surface area (Å²) in [5.74, 6) is 2.52. The van der Waals surface area contributed by atoms with Crippen LogP contribution in [0, 0.1) is 0 Å². The highest BCUT2D eigenvalue weighted by Gasteiger charge is 2.33. The van der Waals surface area contributed by atoms with Crippen molar-refractivity contribution in [3.05, 3.63) is 162 Å². The molecule has 0 aromatic heterocycles. The van der Waals surface area contributed by atoms with Crippen LogP contribution >= 0.6 is 7.82 Å². The minimum Gasteiger partial charge on any atom is -0.386 e. The van der Waals surface area contributed by atoms with E-state index in [1.807, 2.05) is 36.4 Å². The van der Waals surface area contributed by atoms with Crippen LogP contribution in [0.3, 0.4) is 0 Å². The standard InChI is InChI=1S/C45H45O4P/c1-31(2)34-7-13-37(14-8-34)40-19-25-43(26-20-40)47-50(46,48-44-27-21-41(22-28-44)38-15-9-35(10-16-38)32(3)4)49-45-29-23-42(24-30-45)39-17-11-36(12-18-39)33(5)6/h7-33H,1-6H3. The number of phosphoric ester groups is 1. The first-order valence-corrected chi connectivity index (χ1v) is 18.8. The molecule has 0 unspecified atom stereocenters. The van der Waals surface area contributed by atoms with Crippen LogP contribution in [0.2, 0.25) is 0 Å². The van der Waals surface area contributed by atoms with Gasteiger partial charge in [-0.05, 0) is 104 Å². The Morgan fingerprint density at radius 1 is 0.320 bits per heavy atom. The molecule has 6 aromatic rings. The van der Waals surface area contributed by atoms with Gasteiger partial charge in [0.25, 0.3) is 0 Å². The number of rotatable bonds is 12. The topological polar surface area (TPSA) is 44.8 Å². The minimum atomic E-state index is -4.20. The summed E-state index contributed by atoms with van der Waals surface area (Å²) in [6, 6.07) is 48.0. The van der Waals surface area contributed by atoms with E-state index < -0.39 is 7.82 Å². The lowest BCUT2D eigenvalue weighted by atomic mass is 9.99. The van der Waals surface area contributed by atoms with E-state index in [1.165, 1.54) is 16.7 Å². The van der Waals surface area contributed by atoms with Gasteiger partial charge in [-0.25, -0.2) is 0 Å². The van der Waals surface area contributed by atoms with Crippen molar-refractivity contribution in [1.29, 1.82) is 0 Å². The molecule has 0 heterocycles. The first kappa shape index (κ1) is 34.8. The van der Waals surface area contributed by atoms with Crippen molar-refractivity contribution in [3.63, 3.8) is 0 Å². The zero-order chi connectivity index (χ0) is 35.3. The van der Waals surface area contributed by atoms with E-state index in [0.717, 1.165) is 33.4 Å². The molecule has 0 N–H and O–H groups in total. The molecular formula is C45H45O4P. The maximum absolute atomic E-state index is 14.4. The number of hydrogen-bond donors (Lipinski definition) is 0. The normalized spacial score (nSPS) is 11.6. The maximum Gasteiger partial charge on any atom is 0.647 e. The van der Waals surface area contributed by atoms with E-state index in [9.17, 15) is 4.57 Å². The molecule has 5 heteroatoms. The van der Waals surface area contributed by atoms with Crippen LogP contribution in [0.1, 0.15) is 76.0 Å². The van der Waals surface area contributed by atoms with Crippen LogP contribution in [-0.4, -0.2) is 0 Å². The van der Waals surface area contributed by atoms with Gasteiger partial charge in [0.05, 0.1) is 0 Å². The van der Waals surface area contributed by atoms with Crippen LogP contribution in [0.4, 0.5) is 0 Å². The van der Waals surface area contributed by atoms with E-state index in [0.29, 0.717) is 35.0 Å².